The summed E-state index contributed by atoms with van der Waals surface area (Å²) < 4.78 is 38.7. The van der Waals surface area contributed by atoms with Crippen LogP contribution in [0.2, 0.25) is 0 Å². The minimum atomic E-state index is -4.35. The molecule has 0 radical (unpaired) electrons. The third kappa shape index (κ3) is 3.06. The molecule has 7 heteroatoms. The molecule has 0 bridgehead atoms. The first-order valence-corrected chi connectivity index (χ1v) is 8.22. The molecule has 1 aliphatic heterocycles. The van der Waals surface area contributed by atoms with Crippen LogP contribution in [0, 0.1) is 0 Å². The summed E-state index contributed by atoms with van der Waals surface area (Å²) >= 11 is 0. The van der Waals surface area contributed by atoms with Crippen LogP contribution in [-0.2, 0) is 6.18 Å². The molecule has 1 aliphatic rings. The maximum absolute atomic E-state index is 12.9. The minimum absolute atomic E-state index is 0.378. The van der Waals surface area contributed by atoms with Gasteiger partial charge in [-0.2, -0.15) is 18.3 Å². The Bertz CT molecular complexity index is 866. The van der Waals surface area contributed by atoms with Crippen molar-refractivity contribution in [3.8, 4) is 0 Å². The summed E-state index contributed by atoms with van der Waals surface area (Å²) in [6, 6.07) is 7.66. The van der Waals surface area contributed by atoms with Crippen molar-refractivity contribution < 1.29 is 13.2 Å². The highest BCUT2D eigenvalue weighted by atomic mass is 19.4. The van der Waals surface area contributed by atoms with Crippen LogP contribution in [0.15, 0.2) is 42.7 Å². The zero-order valence-electron chi connectivity index (χ0n) is 13.4. The fourth-order valence-corrected chi connectivity index (χ4v) is 3.51. The number of hydrogen-bond donors (Lipinski definition) is 1. The molecular weight excluding hydrogens is 329 g/mol. The SMILES string of the molecule is FC(F)(F)c1ccc2c(N3CCC(c4ccn[nH]4)CC3)ccnc2c1. The van der Waals surface area contributed by atoms with E-state index in [0.29, 0.717) is 11.4 Å². The number of nitrogens with zero attached hydrogens (tertiary/aromatic N) is 3. The van der Waals surface area contributed by atoms with E-state index in [9.17, 15) is 13.2 Å². The molecule has 0 atom stereocenters. The first-order chi connectivity index (χ1) is 12.0. The van der Waals surface area contributed by atoms with Crippen LogP contribution in [0.3, 0.4) is 0 Å². The number of hydrogen-bond acceptors (Lipinski definition) is 3. The van der Waals surface area contributed by atoms with Gasteiger partial charge in [0.05, 0.1) is 11.1 Å². The van der Waals surface area contributed by atoms with Gasteiger partial charge in [0.25, 0.3) is 0 Å². The van der Waals surface area contributed by atoms with Gasteiger partial charge in [-0.1, -0.05) is 6.07 Å². The number of pyridine rings is 1. The van der Waals surface area contributed by atoms with Crippen molar-refractivity contribution in [2.75, 3.05) is 18.0 Å². The highest BCUT2D eigenvalue weighted by Gasteiger charge is 2.31. The van der Waals surface area contributed by atoms with Crippen molar-refractivity contribution in [3.63, 3.8) is 0 Å². The molecule has 2 aromatic heterocycles. The number of benzene rings is 1. The molecule has 0 spiro atoms. The molecule has 1 aromatic carbocycles. The van der Waals surface area contributed by atoms with Gasteiger partial charge in [0.1, 0.15) is 0 Å². The highest BCUT2D eigenvalue weighted by Crippen LogP contribution is 2.35. The Kier molecular flexibility index (Phi) is 3.86. The smallest absolute Gasteiger partial charge is 0.371 e. The van der Waals surface area contributed by atoms with Crippen molar-refractivity contribution in [3.05, 3.63) is 54.0 Å². The molecular formula is C18H17F3N4. The number of rotatable bonds is 2. The van der Waals surface area contributed by atoms with Crippen LogP contribution >= 0.6 is 0 Å². The first-order valence-electron chi connectivity index (χ1n) is 8.22. The standard InChI is InChI=1S/C18H17F3N4/c19-18(20,21)13-1-2-14-16(11-13)22-7-4-17(14)25-9-5-12(6-10-25)15-3-8-23-24-15/h1-4,7-8,11-12H,5-6,9-10H2,(H,23,24). The van der Waals surface area contributed by atoms with Crippen molar-refractivity contribution in [1.29, 1.82) is 0 Å². The van der Waals surface area contributed by atoms with E-state index in [0.717, 1.165) is 54.8 Å². The van der Waals surface area contributed by atoms with Crippen LogP contribution in [0.4, 0.5) is 18.9 Å². The topological polar surface area (TPSA) is 44.8 Å². The summed E-state index contributed by atoms with van der Waals surface area (Å²) in [5, 5.41) is 7.79. The van der Waals surface area contributed by atoms with Crippen molar-refractivity contribution in [2.45, 2.75) is 24.9 Å². The molecule has 1 fully saturated rings. The molecule has 3 heterocycles. The number of anilines is 1. The lowest BCUT2D eigenvalue weighted by Crippen LogP contribution is -2.33. The fraction of sp³-hybridized carbons (Fsp3) is 0.333. The molecule has 0 amide bonds. The molecule has 1 saturated heterocycles. The van der Waals surface area contributed by atoms with Crippen LogP contribution in [0.5, 0.6) is 0 Å². The lowest BCUT2D eigenvalue weighted by Gasteiger charge is -2.33. The Morgan fingerprint density at radius 1 is 1.04 bits per heavy atom. The maximum atomic E-state index is 12.9. The van der Waals surface area contributed by atoms with Crippen LogP contribution in [0.1, 0.15) is 30.0 Å². The van der Waals surface area contributed by atoms with Gasteiger partial charge in [-0.25, -0.2) is 0 Å². The van der Waals surface area contributed by atoms with E-state index in [2.05, 4.69) is 20.1 Å². The summed E-state index contributed by atoms with van der Waals surface area (Å²) in [5.74, 6) is 0.448. The second kappa shape index (κ2) is 6.06. The van der Waals surface area contributed by atoms with Gasteiger partial charge < -0.3 is 4.90 Å². The number of piperidine rings is 1. The van der Waals surface area contributed by atoms with Crippen LogP contribution in [0.25, 0.3) is 10.9 Å². The Morgan fingerprint density at radius 3 is 2.52 bits per heavy atom. The lowest BCUT2D eigenvalue weighted by molar-refractivity contribution is -0.137. The predicted octanol–water partition coefficient (Wildman–Crippen LogP) is 4.36. The van der Waals surface area contributed by atoms with E-state index >= 15 is 0 Å². The number of aromatic amines is 1. The number of halogens is 3. The summed E-state index contributed by atoms with van der Waals surface area (Å²) in [5.41, 5.74) is 1.81. The van der Waals surface area contributed by atoms with Gasteiger partial charge in [0, 0.05) is 48.2 Å². The molecule has 130 valence electrons. The maximum Gasteiger partial charge on any atom is 0.416 e. The zero-order chi connectivity index (χ0) is 17.4. The molecule has 3 aromatic rings. The van der Waals surface area contributed by atoms with Crippen molar-refractivity contribution >= 4 is 16.6 Å². The monoisotopic (exact) mass is 346 g/mol. The van der Waals surface area contributed by atoms with E-state index in [1.165, 1.54) is 6.07 Å². The molecule has 4 nitrogen and oxygen atoms in total. The summed E-state index contributed by atoms with van der Waals surface area (Å²) in [6.45, 7) is 1.70. The molecule has 0 aliphatic carbocycles. The largest absolute Gasteiger partial charge is 0.416 e. The Morgan fingerprint density at radius 2 is 1.84 bits per heavy atom. The van der Waals surface area contributed by atoms with E-state index in [4.69, 9.17) is 0 Å². The number of H-pyrrole nitrogens is 1. The van der Waals surface area contributed by atoms with Crippen LogP contribution in [-0.4, -0.2) is 28.3 Å². The van der Waals surface area contributed by atoms with E-state index < -0.39 is 11.7 Å². The Labute approximate surface area is 142 Å². The minimum Gasteiger partial charge on any atom is -0.371 e. The normalized spacial score (nSPS) is 16.5. The van der Waals surface area contributed by atoms with Gasteiger partial charge >= 0.3 is 6.18 Å². The second-order valence-electron chi connectivity index (χ2n) is 6.33. The Hall–Kier alpha value is -2.57. The van der Waals surface area contributed by atoms with E-state index in [1.54, 1.807) is 12.4 Å². The van der Waals surface area contributed by atoms with Gasteiger partial charge in [-0.15, -0.1) is 0 Å². The van der Waals surface area contributed by atoms with Gasteiger partial charge in [0.15, 0.2) is 0 Å². The van der Waals surface area contributed by atoms with Gasteiger partial charge in [0.2, 0.25) is 0 Å². The predicted molar refractivity (Wildman–Crippen MR) is 89.5 cm³/mol. The van der Waals surface area contributed by atoms with Gasteiger partial charge in [-0.3, -0.25) is 10.1 Å². The second-order valence-corrected chi connectivity index (χ2v) is 6.33. The molecule has 25 heavy (non-hydrogen) atoms. The quantitative estimate of drug-likeness (QED) is 0.750. The van der Waals surface area contributed by atoms with Crippen LogP contribution < -0.4 is 4.90 Å². The van der Waals surface area contributed by atoms with E-state index in [1.807, 2.05) is 12.1 Å². The molecule has 0 saturated carbocycles. The van der Waals surface area contributed by atoms with E-state index in [-0.39, 0.29) is 0 Å². The summed E-state index contributed by atoms with van der Waals surface area (Å²) in [6.07, 6.45) is 0.947. The number of fused-ring (bicyclic) bond motifs is 1. The molecule has 0 unspecified atom stereocenters. The Balaban J connectivity index is 1.60. The lowest BCUT2D eigenvalue weighted by atomic mass is 9.93. The van der Waals surface area contributed by atoms with Crippen molar-refractivity contribution in [2.24, 2.45) is 0 Å². The number of nitrogens with one attached hydrogen (secondary N) is 1. The fourth-order valence-electron chi connectivity index (χ4n) is 3.51. The highest BCUT2D eigenvalue weighted by molar-refractivity contribution is 5.92. The number of aromatic nitrogens is 3. The third-order valence-electron chi connectivity index (χ3n) is 4.84. The van der Waals surface area contributed by atoms with Crippen molar-refractivity contribution in [1.82, 2.24) is 15.2 Å². The first kappa shape index (κ1) is 15.9. The summed E-state index contributed by atoms with van der Waals surface area (Å²) in [7, 11) is 0. The summed E-state index contributed by atoms with van der Waals surface area (Å²) in [4.78, 5) is 6.35. The molecule has 4 rings (SSSR count). The average Bonchev–Trinajstić information content (AvgIpc) is 3.15. The third-order valence-corrected chi connectivity index (χ3v) is 4.84. The van der Waals surface area contributed by atoms with Gasteiger partial charge in [-0.05, 0) is 37.1 Å². The average molecular weight is 346 g/mol. The number of alkyl halides is 3. The zero-order valence-corrected chi connectivity index (χ0v) is 13.4. The molecule has 1 N–H and O–H groups in total.